The number of anilines is 1. The number of benzene rings is 2. The predicted molar refractivity (Wildman–Crippen MR) is 97.1 cm³/mol. The Morgan fingerprint density at radius 1 is 1.15 bits per heavy atom. The number of nitrogens with one attached hydrogen (secondary N) is 2. The van der Waals surface area contributed by atoms with Crippen molar-refractivity contribution in [1.29, 1.82) is 0 Å². The summed E-state index contributed by atoms with van der Waals surface area (Å²) in [5.74, 6) is 0.827. The quantitative estimate of drug-likeness (QED) is 0.556. The van der Waals surface area contributed by atoms with E-state index in [4.69, 9.17) is 4.42 Å². The van der Waals surface area contributed by atoms with Gasteiger partial charge >= 0.3 is 0 Å². The van der Waals surface area contributed by atoms with Gasteiger partial charge in [0.15, 0.2) is 11.6 Å². The molecule has 1 amide bonds. The van der Waals surface area contributed by atoms with Crippen molar-refractivity contribution in [2.24, 2.45) is 0 Å². The molecule has 0 aliphatic rings. The maximum absolute atomic E-state index is 13.6. The van der Waals surface area contributed by atoms with Crippen molar-refractivity contribution in [3.63, 3.8) is 0 Å². The number of furan rings is 1. The molecule has 0 spiro atoms. The maximum atomic E-state index is 13.6. The largest absolute Gasteiger partial charge is 0.461 e. The van der Waals surface area contributed by atoms with Gasteiger partial charge in [0.05, 0.1) is 17.3 Å². The highest BCUT2D eigenvalue weighted by molar-refractivity contribution is 5.93. The van der Waals surface area contributed by atoms with Crippen molar-refractivity contribution in [2.75, 3.05) is 5.32 Å². The maximum Gasteiger partial charge on any atom is 0.224 e. The first-order valence-corrected chi connectivity index (χ1v) is 8.26. The summed E-state index contributed by atoms with van der Waals surface area (Å²) < 4.78 is 18.9. The molecule has 6 heteroatoms. The number of aromatic amines is 1. The number of amides is 1. The Hall–Kier alpha value is -3.41. The van der Waals surface area contributed by atoms with Crippen molar-refractivity contribution in [3.05, 3.63) is 72.2 Å². The van der Waals surface area contributed by atoms with E-state index in [-0.39, 0.29) is 18.1 Å². The lowest BCUT2D eigenvalue weighted by molar-refractivity contribution is -0.116. The van der Waals surface area contributed by atoms with E-state index in [2.05, 4.69) is 15.3 Å². The van der Waals surface area contributed by atoms with Crippen molar-refractivity contribution in [2.45, 2.75) is 12.8 Å². The van der Waals surface area contributed by atoms with Crippen LogP contribution in [0.4, 0.5) is 10.1 Å². The van der Waals surface area contributed by atoms with Crippen LogP contribution in [0.3, 0.4) is 0 Å². The van der Waals surface area contributed by atoms with Crippen LogP contribution in [0.25, 0.3) is 22.6 Å². The average molecular weight is 349 g/mol. The van der Waals surface area contributed by atoms with Crippen LogP contribution in [-0.2, 0) is 11.2 Å². The fraction of sp³-hybridized carbons (Fsp3) is 0.100. The van der Waals surface area contributed by atoms with Gasteiger partial charge < -0.3 is 14.7 Å². The van der Waals surface area contributed by atoms with E-state index in [1.165, 1.54) is 6.07 Å². The minimum Gasteiger partial charge on any atom is -0.461 e. The first-order chi connectivity index (χ1) is 12.7. The zero-order chi connectivity index (χ0) is 17.9. The number of H-pyrrole nitrogens is 1. The van der Waals surface area contributed by atoms with Crippen molar-refractivity contribution in [1.82, 2.24) is 9.97 Å². The van der Waals surface area contributed by atoms with Gasteiger partial charge in [0.1, 0.15) is 5.82 Å². The third kappa shape index (κ3) is 3.35. The van der Waals surface area contributed by atoms with E-state index in [1.54, 1.807) is 36.6 Å². The van der Waals surface area contributed by atoms with Crippen molar-refractivity contribution < 1.29 is 13.6 Å². The number of aromatic nitrogens is 2. The summed E-state index contributed by atoms with van der Waals surface area (Å²) in [6, 6.07) is 15.5. The van der Waals surface area contributed by atoms with Crippen LogP contribution >= 0.6 is 0 Å². The van der Waals surface area contributed by atoms with E-state index in [0.717, 1.165) is 11.0 Å². The number of hydrogen-bond donors (Lipinski definition) is 2. The van der Waals surface area contributed by atoms with Gasteiger partial charge in [-0.05, 0) is 48.4 Å². The van der Waals surface area contributed by atoms with Gasteiger partial charge in [-0.3, -0.25) is 4.79 Å². The van der Waals surface area contributed by atoms with Crippen LogP contribution in [0.2, 0.25) is 0 Å². The Kier molecular flexibility index (Phi) is 4.23. The van der Waals surface area contributed by atoms with Gasteiger partial charge in [-0.1, -0.05) is 18.2 Å². The Morgan fingerprint density at radius 2 is 2.04 bits per heavy atom. The van der Waals surface area contributed by atoms with Crippen molar-refractivity contribution in [3.8, 4) is 11.6 Å². The van der Waals surface area contributed by atoms with Crippen LogP contribution in [0.1, 0.15) is 12.0 Å². The fourth-order valence-electron chi connectivity index (χ4n) is 2.79. The van der Waals surface area contributed by atoms with Gasteiger partial charge in [0.2, 0.25) is 5.91 Å². The van der Waals surface area contributed by atoms with Crippen molar-refractivity contribution >= 4 is 22.6 Å². The molecule has 0 radical (unpaired) electrons. The molecular weight excluding hydrogens is 333 g/mol. The van der Waals surface area contributed by atoms with Crippen LogP contribution < -0.4 is 5.32 Å². The molecule has 0 fully saturated rings. The summed E-state index contributed by atoms with van der Waals surface area (Å²) in [5.41, 5.74) is 2.77. The fourth-order valence-corrected chi connectivity index (χ4v) is 2.79. The molecule has 2 heterocycles. The SMILES string of the molecule is O=C(CCc1ccccc1F)Nc1ccc2nc(-c3ccco3)[nH]c2c1. The van der Waals surface area contributed by atoms with E-state index in [9.17, 15) is 9.18 Å². The highest BCUT2D eigenvalue weighted by atomic mass is 19.1. The Balaban J connectivity index is 1.45. The molecule has 0 aliphatic carbocycles. The summed E-state index contributed by atoms with van der Waals surface area (Å²) in [5, 5.41) is 2.84. The topological polar surface area (TPSA) is 70.9 Å². The normalized spacial score (nSPS) is 11.0. The molecule has 2 aromatic heterocycles. The Labute approximate surface area is 148 Å². The molecule has 26 heavy (non-hydrogen) atoms. The molecular formula is C20H16FN3O2. The predicted octanol–water partition coefficient (Wildman–Crippen LogP) is 4.53. The standard InChI is InChI=1S/C20H16FN3O2/c21-15-5-2-1-4-13(15)7-10-19(25)22-14-8-9-16-17(12-14)24-20(23-16)18-6-3-11-26-18/h1-6,8-9,11-12H,7,10H2,(H,22,25)(H,23,24). The number of halogens is 1. The number of fused-ring (bicyclic) bond motifs is 1. The molecule has 130 valence electrons. The lowest BCUT2D eigenvalue weighted by Crippen LogP contribution is -2.12. The number of imidazole rings is 1. The molecule has 4 aromatic rings. The van der Waals surface area contributed by atoms with Gasteiger partial charge in [0.25, 0.3) is 0 Å². The van der Waals surface area contributed by atoms with E-state index >= 15 is 0 Å². The van der Waals surface area contributed by atoms with E-state index in [1.807, 2.05) is 18.2 Å². The summed E-state index contributed by atoms with van der Waals surface area (Å²) >= 11 is 0. The molecule has 2 aromatic carbocycles. The second-order valence-corrected chi connectivity index (χ2v) is 5.93. The number of aryl methyl sites for hydroxylation is 1. The number of carbonyl (C=O) groups excluding carboxylic acids is 1. The van der Waals surface area contributed by atoms with Crippen LogP contribution in [0.5, 0.6) is 0 Å². The molecule has 0 saturated heterocycles. The van der Waals surface area contributed by atoms with Gasteiger partial charge in [-0.15, -0.1) is 0 Å². The number of carbonyl (C=O) groups is 1. The second kappa shape index (κ2) is 6.84. The lowest BCUT2D eigenvalue weighted by Gasteiger charge is -2.06. The van der Waals surface area contributed by atoms with Crippen LogP contribution in [0.15, 0.2) is 65.3 Å². The molecule has 0 unspecified atom stereocenters. The first kappa shape index (κ1) is 16.1. The molecule has 0 bridgehead atoms. The molecule has 4 rings (SSSR count). The van der Waals surface area contributed by atoms with Gasteiger partial charge in [0, 0.05) is 12.1 Å². The Bertz CT molecular complexity index is 1050. The summed E-state index contributed by atoms with van der Waals surface area (Å²) in [7, 11) is 0. The highest BCUT2D eigenvalue weighted by Gasteiger charge is 2.10. The molecule has 0 aliphatic heterocycles. The van der Waals surface area contributed by atoms with Crippen LogP contribution in [0, 0.1) is 5.82 Å². The summed E-state index contributed by atoms with van der Waals surface area (Å²) in [4.78, 5) is 19.8. The number of hydrogen-bond acceptors (Lipinski definition) is 3. The third-order valence-corrected chi connectivity index (χ3v) is 4.10. The number of rotatable bonds is 5. The summed E-state index contributed by atoms with van der Waals surface area (Å²) in [6.45, 7) is 0. The highest BCUT2D eigenvalue weighted by Crippen LogP contribution is 2.23. The second-order valence-electron chi connectivity index (χ2n) is 5.93. The van der Waals surface area contributed by atoms with E-state index in [0.29, 0.717) is 29.3 Å². The van der Waals surface area contributed by atoms with Gasteiger partial charge in [-0.2, -0.15) is 0 Å². The number of nitrogens with zero attached hydrogens (tertiary/aromatic N) is 1. The molecule has 5 nitrogen and oxygen atoms in total. The van der Waals surface area contributed by atoms with Gasteiger partial charge in [-0.25, -0.2) is 9.37 Å². The zero-order valence-corrected chi connectivity index (χ0v) is 13.8. The monoisotopic (exact) mass is 349 g/mol. The lowest BCUT2D eigenvalue weighted by atomic mass is 10.1. The third-order valence-electron chi connectivity index (χ3n) is 4.10. The smallest absolute Gasteiger partial charge is 0.224 e. The molecule has 0 saturated carbocycles. The molecule has 2 N–H and O–H groups in total. The first-order valence-electron chi connectivity index (χ1n) is 8.26. The zero-order valence-electron chi connectivity index (χ0n) is 13.8. The molecule has 0 atom stereocenters. The Morgan fingerprint density at radius 3 is 2.85 bits per heavy atom. The minimum absolute atomic E-state index is 0.168. The van der Waals surface area contributed by atoms with Crippen LogP contribution in [-0.4, -0.2) is 15.9 Å². The van der Waals surface area contributed by atoms with E-state index < -0.39 is 0 Å². The average Bonchev–Trinajstić information content (AvgIpc) is 3.30. The summed E-state index contributed by atoms with van der Waals surface area (Å²) in [6.07, 6.45) is 2.15. The minimum atomic E-state index is -0.287.